The number of hydrogen-bond acceptors (Lipinski definition) is 6. The molecule has 1 aromatic carbocycles. The van der Waals surface area contributed by atoms with Crippen LogP contribution >= 0.6 is 0 Å². The maximum Gasteiger partial charge on any atom is 0.290 e. The number of nitro benzene ring substituents is 1. The second-order valence-electron chi connectivity index (χ2n) is 4.94. The molecule has 0 spiro atoms. The first-order valence-corrected chi connectivity index (χ1v) is 9.60. The minimum atomic E-state index is -4.33. The van der Waals surface area contributed by atoms with Crippen molar-refractivity contribution in [2.75, 3.05) is 6.26 Å². The Morgan fingerprint density at radius 2 is 1.91 bits per heavy atom. The molecule has 23 heavy (non-hydrogen) atoms. The summed E-state index contributed by atoms with van der Waals surface area (Å²) in [7, 11) is -7.78. The van der Waals surface area contributed by atoms with Gasteiger partial charge in [0.1, 0.15) is 4.75 Å². The number of rotatable bonds is 6. The molecule has 2 unspecified atom stereocenters. The second-order valence-corrected chi connectivity index (χ2v) is 9.46. The quantitative estimate of drug-likeness (QED) is 0.436. The van der Waals surface area contributed by atoms with Crippen molar-refractivity contribution in [3.8, 4) is 6.07 Å². The number of hydrogen-bond donors (Lipinski definition) is 0. The SMILES string of the molecule is C=CCC(C)(C#N)S(C)(=O)=NS(=O)(=O)c1ccc([N+](=O)[O-])cc1. The number of nitro groups is 1. The summed E-state index contributed by atoms with van der Waals surface area (Å²) in [6, 6.07) is 5.84. The van der Waals surface area contributed by atoms with Crippen LogP contribution in [0.1, 0.15) is 13.3 Å². The van der Waals surface area contributed by atoms with Gasteiger partial charge in [-0.2, -0.15) is 13.7 Å². The van der Waals surface area contributed by atoms with Crippen molar-refractivity contribution in [1.29, 1.82) is 5.26 Å². The van der Waals surface area contributed by atoms with Crippen LogP contribution in [0.4, 0.5) is 5.69 Å². The van der Waals surface area contributed by atoms with E-state index in [0.29, 0.717) is 0 Å². The van der Waals surface area contributed by atoms with Crippen LogP contribution in [0.5, 0.6) is 0 Å². The number of benzene rings is 1. The van der Waals surface area contributed by atoms with Crippen molar-refractivity contribution < 1.29 is 17.6 Å². The summed E-state index contributed by atoms with van der Waals surface area (Å²) in [5.41, 5.74) is -0.283. The normalized spacial score (nSPS) is 16.4. The topological polar surface area (TPSA) is 130 Å². The lowest BCUT2D eigenvalue weighted by Crippen LogP contribution is -2.32. The number of allylic oxidation sites excluding steroid dienone is 1. The molecule has 8 nitrogen and oxygen atoms in total. The van der Waals surface area contributed by atoms with E-state index in [0.717, 1.165) is 30.5 Å². The molecule has 1 rings (SSSR count). The number of sulfonamides is 1. The van der Waals surface area contributed by atoms with E-state index in [4.69, 9.17) is 0 Å². The first-order chi connectivity index (χ1) is 10.5. The van der Waals surface area contributed by atoms with Gasteiger partial charge >= 0.3 is 0 Å². The molecule has 0 aliphatic carbocycles. The smallest absolute Gasteiger partial charge is 0.258 e. The second kappa shape index (κ2) is 6.47. The summed E-state index contributed by atoms with van der Waals surface area (Å²) >= 11 is 0. The highest BCUT2D eigenvalue weighted by molar-refractivity contribution is 8.03. The van der Waals surface area contributed by atoms with E-state index in [1.54, 1.807) is 0 Å². The molecule has 0 aliphatic heterocycles. The predicted octanol–water partition coefficient (Wildman–Crippen LogP) is 2.24. The molecule has 0 saturated heterocycles. The van der Waals surface area contributed by atoms with E-state index in [1.165, 1.54) is 13.0 Å². The molecule has 0 aromatic heterocycles. The van der Waals surface area contributed by atoms with Crippen molar-refractivity contribution in [3.63, 3.8) is 0 Å². The van der Waals surface area contributed by atoms with Gasteiger partial charge in [0.05, 0.1) is 25.6 Å². The molecule has 0 amide bonds. The fraction of sp³-hybridized carbons (Fsp3) is 0.308. The Balaban J connectivity index is 3.44. The van der Waals surface area contributed by atoms with Gasteiger partial charge < -0.3 is 0 Å². The fourth-order valence-electron chi connectivity index (χ4n) is 1.61. The van der Waals surface area contributed by atoms with Crippen LogP contribution in [0.2, 0.25) is 0 Å². The van der Waals surface area contributed by atoms with Crippen molar-refractivity contribution in [2.24, 2.45) is 3.77 Å². The average Bonchev–Trinajstić information content (AvgIpc) is 2.46. The Labute approximate surface area is 134 Å². The van der Waals surface area contributed by atoms with Gasteiger partial charge in [-0.15, -0.1) is 10.3 Å². The summed E-state index contributed by atoms with van der Waals surface area (Å²) < 4.78 is 39.0. The molecule has 124 valence electrons. The molecule has 0 N–H and O–H groups in total. The number of non-ortho nitro benzene ring substituents is 1. The van der Waals surface area contributed by atoms with Crippen molar-refractivity contribution in [3.05, 3.63) is 47.0 Å². The number of nitrogens with zero attached hydrogens (tertiary/aromatic N) is 3. The molecule has 1 aromatic rings. The minimum Gasteiger partial charge on any atom is -0.258 e. The third-order valence-corrected chi connectivity index (χ3v) is 7.91. The monoisotopic (exact) mass is 357 g/mol. The maximum atomic E-state index is 12.7. The van der Waals surface area contributed by atoms with E-state index < -0.39 is 29.4 Å². The lowest BCUT2D eigenvalue weighted by Gasteiger charge is -2.21. The van der Waals surface area contributed by atoms with Crippen LogP contribution in [0, 0.1) is 21.4 Å². The van der Waals surface area contributed by atoms with Crippen LogP contribution < -0.4 is 0 Å². The third-order valence-electron chi connectivity index (χ3n) is 3.19. The van der Waals surface area contributed by atoms with Gasteiger partial charge in [0.2, 0.25) is 0 Å². The summed E-state index contributed by atoms with van der Waals surface area (Å²) in [5, 5.41) is 19.8. The zero-order valence-corrected chi connectivity index (χ0v) is 14.1. The van der Waals surface area contributed by atoms with E-state index >= 15 is 0 Å². The van der Waals surface area contributed by atoms with E-state index in [-0.39, 0.29) is 17.0 Å². The highest BCUT2D eigenvalue weighted by Gasteiger charge is 2.35. The Morgan fingerprint density at radius 3 is 2.30 bits per heavy atom. The summed E-state index contributed by atoms with van der Waals surface area (Å²) in [6.07, 6.45) is 2.45. The predicted molar refractivity (Wildman–Crippen MR) is 85.6 cm³/mol. The summed E-state index contributed by atoms with van der Waals surface area (Å²) in [4.78, 5) is 9.56. The lowest BCUT2D eigenvalue weighted by atomic mass is 10.1. The van der Waals surface area contributed by atoms with Gasteiger partial charge in [-0.05, 0) is 25.5 Å². The highest BCUT2D eigenvalue weighted by Crippen LogP contribution is 2.26. The zero-order valence-electron chi connectivity index (χ0n) is 12.5. The standard InChI is InChI=1S/C13H15N3O5S2/c1-4-9-13(2,10-14)22(3,19)15-23(20,21)12-7-5-11(6-8-12)16(17)18/h4-8H,1,9H2,2-3H3. The molecule has 0 saturated carbocycles. The Hall–Kier alpha value is -2.25. The lowest BCUT2D eigenvalue weighted by molar-refractivity contribution is -0.384. The van der Waals surface area contributed by atoms with Gasteiger partial charge in [0.25, 0.3) is 15.7 Å². The summed E-state index contributed by atoms with van der Waals surface area (Å²) in [5.74, 6) is 0. The number of nitriles is 1. The van der Waals surface area contributed by atoms with Gasteiger partial charge in [-0.3, -0.25) is 10.1 Å². The van der Waals surface area contributed by atoms with Crippen molar-refractivity contribution in [1.82, 2.24) is 0 Å². The van der Waals surface area contributed by atoms with Gasteiger partial charge in [0.15, 0.2) is 0 Å². The van der Waals surface area contributed by atoms with Gasteiger partial charge in [-0.25, -0.2) is 4.21 Å². The third kappa shape index (κ3) is 3.94. The van der Waals surface area contributed by atoms with Crippen LogP contribution in [0.25, 0.3) is 0 Å². The zero-order chi connectivity index (χ0) is 17.9. The Bertz CT molecular complexity index is 891. The molecule has 2 atom stereocenters. The van der Waals surface area contributed by atoms with Crippen molar-refractivity contribution >= 4 is 25.4 Å². The molecule has 0 radical (unpaired) electrons. The van der Waals surface area contributed by atoms with Crippen LogP contribution in [0.15, 0.2) is 45.6 Å². The van der Waals surface area contributed by atoms with E-state index in [1.807, 2.05) is 6.07 Å². The van der Waals surface area contributed by atoms with E-state index in [2.05, 4.69) is 10.3 Å². The molecular formula is C13H15N3O5S2. The highest BCUT2D eigenvalue weighted by atomic mass is 32.3. The van der Waals surface area contributed by atoms with Crippen LogP contribution in [-0.4, -0.2) is 28.6 Å². The first kappa shape index (κ1) is 18.8. The molecule has 10 heteroatoms. The molecular weight excluding hydrogens is 342 g/mol. The largest absolute Gasteiger partial charge is 0.290 e. The molecule has 0 bridgehead atoms. The average molecular weight is 357 g/mol. The fourth-order valence-corrected chi connectivity index (χ4v) is 5.19. The van der Waals surface area contributed by atoms with Crippen molar-refractivity contribution in [2.45, 2.75) is 23.0 Å². The molecule has 0 fully saturated rings. The maximum absolute atomic E-state index is 12.7. The Kier molecular flexibility index (Phi) is 5.29. The summed E-state index contributed by atoms with van der Waals surface area (Å²) in [6.45, 7) is 4.80. The molecule has 0 heterocycles. The van der Waals surface area contributed by atoms with E-state index in [9.17, 15) is 28.0 Å². The van der Waals surface area contributed by atoms with Gasteiger partial charge in [0, 0.05) is 18.4 Å². The van der Waals surface area contributed by atoms with Gasteiger partial charge in [-0.1, -0.05) is 6.08 Å². The molecule has 0 aliphatic rings. The van der Waals surface area contributed by atoms with Crippen LogP contribution in [-0.2, 0) is 19.8 Å². The van der Waals surface area contributed by atoms with Crippen LogP contribution in [0.3, 0.4) is 0 Å². The first-order valence-electron chi connectivity index (χ1n) is 6.24. The Morgan fingerprint density at radius 1 is 1.39 bits per heavy atom. The minimum absolute atomic E-state index is 0.00187.